The Balaban J connectivity index is 1.48. The number of carbonyl (C=O) groups is 1. The predicted octanol–water partition coefficient (Wildman–Crippen LogP) is 2.50. The van der Waals surface area contributed by atoms with Crippen LogP contribution in [0.25, 0.3) is 0 Å². The highest BCUT2D eigenvalue weighted by Gasteiger charge is 2.27. The molecule has 1 atom stereocenters. The fourth-order valence-electron chi connectivity index (χ4n) is 4.73. The zero-order chi connectivity index (χ0) is 23.8. The molecule has 1 amide bonds. The van der Waals surface area contributed by atoms with Gasteiger partial charge >= 0.3 is 0 Å². The maximum Gasteiger partial charge on any atom is 0.243 e. The van der Waals surface area contributed by atoms with Crippen molar-refractivity contribution in [1.82, 2.24) is 9.21 Å². The van der Waals surface area contributed by atoms with Gasteiger partial charge in [0.2, 0.25) is 15.9 Å². The van der Waals surface area contributed by atoms with Crippen molar-refractivity contribution in [3.05, 3.63) is 18.2 Å². The highest BCUT2D eigenvalue weighted by Crippen LogP contribution is 2.28. The van der Waals surface area contributed by atoms with E-state index in [0.717, 1.165) is 63.9 Å². The number of sulfonamides is 1. The van der Waals surface area contributed by atoms with E-state index in [0.29, 0.717) is 38.5 Å². The lowest BCUT2D eigenvalue weighted by Gasteiger charge is -2.27. The lowest BCUT2D eigenvalue weighted by Crippen LogP contribution is -2.40. The van der Waals surface area contributed by atoms with Crippen molar-refractivity contribution in [1.29, 1.82) is 0 Å². The fourth-order valence-corrected chi connectivity index (χ4v) is 6.16. The molecule has 0 aliphatic carbocycles. The Morgan fingerprint density at radius 2 is 1.65 bits per heavy atom. The molecule has 10 heteroatoms. The molecule has 34 heavy (non-hydrogen) atoms. The van der Waals surface area contributed by atoms with Crippen LogP contribution in [0.4, 0.5) is 11.4 Å². The van der Waals surface area contributed by atoms with Gasteiger partial charge in [0.25, 0.3) is 0 Å². The van der Waals surface area contributed by atoms with Crippen LogP contribution in [0, 0.1) is 0 Å². The van der Waals surface area contributed by atoms with Crippen LogP contribution in [0.2, 0.25) is 0 Å². The second kappa shape index (κ2) is 12.2. The van der Waals surface area contributed by atoms with Gasteiger partial charge in [0.15, 0.2) is 0 Å². The van der Waals surface area contributed by atoms with E-state index in [2.05, 4.69) is 10.6 Å². The van der Waals surface area contributed by atoms with Crippen molar-refractivity contribution in [3.63, 3.8) is 0 Å². The van der Waals surface area contributed by atoms with Gasteiger partial charge in [0.1, 0.15) is 0 Å². The molecule has 0 bridgehead atoms. The standard InChI is InChI=1S/C24H38N4O5S/c29-24(27-10-4-2-1-3-5-11-27)19-26-23-17-21(34(30,31)28-12-15-32-16-13-28)8-9-22(23)25-18-20-7-6-14-33-20/h8-9,17,20,25-26H,1-7,10-16,18-19H2. The molecule has 2 N–H and O–H groups in total. The average molecular weight is 495 g/mol. The molecular weight excluding hydrogens is 456 g/mol. The summed E-state index contributed by atoms with van der Waals surface area (Å²) in [6.45, 7) is 4.62. The molecule has 0 aromatic heterocycles. The average Bonchev–Trinajstić information content (AvgIpc) is 3.35. The van der Waals surface area contributed by atoms with E-state index in [9.17, 15) is 13.2 Å². The second-order valence-electron chi connectivity index (χ2n) is 9.24. The van der Waals surface area contributed by atoms with Crippen LogP contribution in [-0.2, 0) is 24.3 Å². The van der Waals surface area contributed by atoms with Gasteiger partial charge in [-0.1, -0.05) is 19.3 Å². The number of hydrogen-bond donors (Lipinski definition) is 2. The van der Waals surface area contributed by atoms with E-state index in [-0.39, 0.29) is 23.5 Å². The molecule has 3 fully saturated rings. The van der Waals surface area contributed by atoms with Crippen LogP contribution in [-0.4, -0.2) is 88.7 Å². The summed E-state index contributed by atoms with van der Waals surface area (Å²) in [7, 11) is -3.63. The Bertz CT molecular complexity index is 906. The number of nitrogens with zero attached hydrogens (tertiary/aromatic N) is 2. The molecule has 0 radical (unpaired) electrons. The summed E-state index contributed by atoms with van der Waals surface area (Å²) in [5.74, 6) is 0.0495. The molecule has 1 unspecified atom stereocenters. The number of amides is 1. The lowest BCUT2D eigenvalue weighted by atomic mass is 10.1. The van der Waals surface area contributed by atoms with Crippen molar-refractivity contribution in [2.75, 3.05) is 69.7 Å². The maximum atomic E-state index is 13.2. The van der Waals surface area contributed by atoms with Crippen LogP contribution in [0.15, 0.2) is 23.1 Å². The largest absolute Gasteiger partial charge is 0.381 e. The van der Waals surface area contributed by atoms with Gasteiger partial charge in [0.05, 0.1) is 42.1 Å². The molecule has 3 saturated heterocycles. The molecule has 4 rings (SSSR count). The third kappa shape index (κ3) is 6.62. The molecule has 0 saturated carbocycles. The maximum absolute atomic E-state index is 13.2. The third-order valence-electron chi connectivity index (χ3n) is 6.78. The van der Waals surface area contributed by atoms with Gasteiger partial charge < -0.3 is 25.0 Å². The van der Waals surface area contributed by atoms with E-state index in [4.69, 9.17) is 9.47 Å². The summed E-state index contributed by atoms with van der Waals surface area (Å²) in [5, 5.41) is 6.63. The highest BCUT2D eigenvalue weighted by atomic mass is 32.2. The SMILES string of the molecule is O=C(CNc1cc(S(=O)(=O)N2CCOCC2)ccc1NCC1CCCO1)N1CCCCCCC1. The minimum atomic E-state index is -3.63. The molecule has 1 aromatic rings. The van der Waals surface area contributed by atoms with Gasteiger partial charge in [0, 0.05) is 39.3 Å². The first kappa shape index (κ1) is 25.2. The van der Waals surface area contributed by atoms with E-state index in [1.165, 1.54) is 10.7 Å². The molecule has 3 aliphatic rings. The third-order valence-corrected chi connectivity index (χ3v) is 8.68. The monoisotopic (exact) mass is 494 g/mol. The minimum absolute atomic E-state index is 0.0495. The highest BCUT2D eigenvalue weighted by molar-refractivity contribution is 7.89. The predicted molar refractivity (Wildman–Crippen MR) is 132 cm³/mol. The number of anilines is 2. The van der Waals surface area contributed by atoms with E-state index >= 15 is 0 Å². The van der Waals surface area contributed by atoms with Gasteiger partial charge in [-0.15, -0.1) is 0 Å². The Labute approximate surface area is 203 Å². The Kier molecular flexibility index (Phi) is 9.04. The number of likely N-dealkylation sites (tertiary alicyclic amines) is 1. The normalized spacial score (nSPS) is 22.7. The molecule has 3 aliphatic heterocycles. The van der Waals surface area contributed by atoms with Crippen molar-refractivity contribution >= 4 is 27.3 Å². The topological polar surface area (TPSA) is 100 Å². The van der Waals surface area contributed by atoms with Crippen LogP contribution >= 0.6 is 0 Å². The first-order valence-corrected chi connectivity index (χ1v) is 14.1. The molecule has 9 nitrogen and oxygen atoms in total. The summed E-state index contributed by atoms with van der Waals surface area (Å²) in [4.78, 5) is 15.1. The number of carbonyl (C=O) groups excluding carboxylic acids is 1. The number of nitrogens with one attached hydrogen (secondary N) is 2. The second-order valence-corrected chi connectivity index (χ2v) is 11.2. The minimum Gasteiger partial charge on any atom is -0.381 e. The first-order chi connectivity index (χ1) is 16.5. The van der Waals surface area contributed by atoms with Crippen molar-refractivity contribution in [3.8, 4) is 0 Å². The summed E-state index contributed by atoms with van der Waals surface area (Å²) < 4.78 is 38.9. The number of morpholine rings is 1. The van der Waals surface area contributed by atoms with Crippen LogP contribution in [0.5, 0.6) is 0 Å². The Hall–Kier alpha value is -1.88. The molecule has 1 aromatic carbocycles. The van der Waals surface area contributed by atoms with Gasteiger partial charge in [-0.05, 0) is 43.9 Å². The number of ether oxygens (including phenoxy) is 2. The summed E-state index contributed by atoms with van der Waals surface area (Å²) in [6.07, 6.45) is 7.84. The van der Waals surface area contributed by atoms with E-state index in [1.54, 1.807) is 18.2 Å². The zero-order valence-electron chi connectivity index (χ0n) is 20.0. The number of hydrogen-bond acceptors (Lipinski definition) is 7. The quantitative estimate of drug-likeness (QED) is 0.573. The molecule has 3 heterocycles. The first-order valence-electron chi connectivity index (χ1n) is 12.6. The summed E-state index contributed by atoms with van der Waals surface area (Å²) >= 11 is 0. The molecule has 190 valence electrons. The van der Waals surface area contributed by atoms with Crippen LogP contribution in [0.1, 0.15) is 44.9 Å². The molecule has 0 spiro atoms. The van der Waals surface area contributed by atoms with Gasteiger partial charge in [-0.25, -0.2) is 8.42 Å². The van der Waals surface area contributed by atoms with E-state index < -0.39 is 10.0 Å². The number of rotatable bonds is 8. The summed E-state index contributed by atoms with van der Waals surface area (Å²) in [6, 6.07) is 5.06. The van der Waals surface area contributed by atoms with Gasteiger partial charge in [-0.2, -0.15) is 4.31 Å². The Morgan fingerprint density at radius 3 is 2.35 bits per heavy atom. The van der Waals surface area contributed by atoms with Crippen molar-refractivity contribution < 1.29 is 22.7 Å². The number of benzene rings is 1. The zero-order valence-corrected chi connectivity index (χ0v) is 20.8. The Morgan fingerprint density at radius 1 is 0.912 bits per heavy atom. The van der Waals surface area contributed by atoms with Crippen LogP contribution in [0.3, 0.4) is 0 Å². The lowest BCUT2D eigenvalue weighted by molar-refractivity contribution is -0.129. The van der Waals surface area contributed by atoms with Crippen LogP contribution < -0.4 is 10.6 Å². The van der Waals surface area contributed by atoms with Gasteiger partial charge in [-0.3, -0.25) is 4.79 Å². The summed E-state index contributed by atoms with van der Waals surface area (Å²) in [5.41, 5.74) is 1.39. The fraction of sp³-hybridized carbons (Fsp3) is 0.708. The molecular formula is C24H38N4O5S. The van der Waals surface area contributed by atoms with Crippen molar-refractivity contribution in [2.24, 2.45) is 0 Å². The van der Waals surface area contributed by atoms with Crippen molar-refractivity contribution in [2.45, 2.75) is 55.9 Å². The smallest absolute Gasteiger partial charge is 0.243 e. The van der Waals surface area contributed by atoms with E-state index in [1.807, 2.05) is 4.90 Å².